The maximum absolute atomic E-state index is 14.6. The van der Waals surface area contributed by atoms with Crippen LogP contribution in [0.15, 0.2) is 65.8 Å². The Morgan fingerprint density at radius 2 is 1.18 bits per heavy atom. The van der Waals surface area contributed by atoms with E-state index in [-0.39, 0.29) is 17.3 Å². The maximum Gasteiger partial charge on any atom is 0.501 e. The number of hydrogen-bond acceptors (Lipinski definition) is 10. The number of hydrogen-bond donors (Lipinski definition) is 3. The summed E-state index contributed by atoms with van der Waals surface area (Å²) in [5.74, 6) is -3.14. The molecule has 3 N–H and O–H groups in total. The van der Waals surface area contributed by atoms with Crippen LogP contribution >= 0.6 is 0 Å². The van der Waals surface area contributed by atoms with E-state index in [0.29, 0.717) is 28.2 Å². The number of benzene rings is 1. The van der Waals surface area contributed by atoms with Crippen molar-refractivity contribution in [1.82, 2.24) is 23.9 Å². The first-order valence-corrected chi connectivity index (χ1v) is 18.7. The molecule has 50 heavy (non-hydrogen) atoms. The van der Waals surface area contributed by atoms with Crippen LogP contribution in [0.3, 0.4) is 0 Å². The zero-order valence-corrected chi connectivity index (χ0v) is 29.7. The number of rotatable bonds is 12. The second kappa shape index (κ2) is 13.4. The van der Waals surface area contributed by atoms with Crippen LogP contribution in [-0.4, -0.2) is 95.0 Å². The lowest BCUT2D eigenvalue weighted by atomic mass is 9.70. The summed E-state index contributed by atoms with van der Waals surface area (Å²) >= 11 is 0. The fourth-order valence-corrected chi connectivity index (χ4v) is 7.06. The summed E-state index contributed by atoms with van der Waals surface area (Å²) in [6, 6.07) is 7.64. The molecule has 0 radical (unpaired) electrons. The highest BCUT2D eigenvalue weighted by atomic mass is 32.2. The summed E-state index contributed by atoms with van der Waals surface area (Å²) < 4.78 is 120. The third-order valence-electron chi connectivity index (χ3n) is 8.15. The van der Waals surface area contributed by atoms with Gasteiger partial charge in [-0.1, -0.05) is 13.8 Å². The van der Waals surface area contributed by atoms with E-state index in [2.05, 4.69) is 24.7 Å². The Hall–Kier alpha value is -4.38. The monoisotopic (exact) mass is 762 g/mol. The summed E-state index contributed by atoms with van der Waals surface area (Å²) in [7, 11) is -8.57. The van der Waals surface area contributed by atoms with Crippen LogP contribution in [0.2, 0.25) is 0 Å². The minimum absolute atomic E-state index is 0.120. The lowest BCUT2D eigenvalue weighted by Gasteiger charge is -2.39. The van der Waals surface area contributed by atoms with Gasteiger partial charge in [-0.3, -0.25) is 14.2 Å². The highest BCUT2D eigenvalue weighted by Crippen LogP contribution is 2.45. The van der Waals surface area contributed by atoms with Crippen LogP contribution in [0.1, 0.15) is 36.8 Å². The van der Waals surface area contributed by atoms with E-state index in [1.165, 1.54) is 64.8 Å². The number of nitrogens with one attached hydrogen (secondary N) is 3. The van der Waals surface area contributed by atoms with Gasteiger partial charge in [-0.2, -0.15) is 38.6 Å². The Balaban J connectivity index is 1.86. The number of nitrogens with zero attached hydrogens (tertiary/aromatic N) is 5. The number of pyridine rings is 2. The lowest BCUT2D eigenvalue weighted by Crippen LogP contribution is -2.55. The molecule has 4 rings (SSSR count). The topological polar surface area (TPSA) is 208 Å². The molecule has 0 spiro atoms. The molecule has 272 valence electrons. The fraction of sp³-hybridized carbons (Fsp3) is 0.357. The summed E-state index contributed by atoms with van der Waals surface area (Å²) in [4.78, 5) is 35.9. The Morgan fingerprint density at radius 3 is 1.56 bits per heavy atom. The van der Waals surface area contributed by atoms with Gasteiger partial charge in [0.15, 0.2) is 0 Å². The highest BCUT2D eigenvalue weighted by Gasteiger charge is 2.59. The fourth-order valence-electron chi connectivity index (χ4n) is 5.18. The minimum atomic E-state index is -5.73. The number of imide groups is 1. The zero-order valence-electron chi connectivity index (χ0n) is 27.3. The van der Waals surface area contributed by atoms with Crippen molar-refractivity contribution >= 4 is 59.5 Å². The van der Waals surface area contributed by atoms with Crippen LogP contribution in [0.25, 0.3) is 0 Å². The quantitative estimate of drug-likeness (QED) is 0.230. The molecule has 3 aromatic rings. The molecule has 1 aromatic carbocycles. The summed E-state index contributed by atoms with van der Waals surface area (Å²) in [6.07, 6.45) is 2.55. The van der Waals surface area contributed by atoms with E-state index < -0.39 is 70.0 Å². The number of carbonyl (C=O) groups is 2. The van der Waals surface area contributed by atoms with E-state index in [4.69, 9.17) is 0 Å². The van der Waals surface area contributed by atoms with E-state index in [9.17, 15) is 48.0 Å². The number of anilines is 3. The van der Waals surface area contributed by atoms with E-state index in [1.54, 1.807) is 13.8 Å². The molecule has 1 fully saturated rings. The Bertz CT molecular complexity index is 2040. The molecular weight excluding hydrogens is 730 g/mol. The normalized spacial score (nSPS) is 18.7. The number of sulfone groups is 1. The van der Waals surface area contributed by atoms with Gasteiger partial charge in [0.25, 0.3) is 15.7 Å². The average Bonchev–Trinajstić information content (AvgIpc) is 3.29. The SMILES string of the molecule is CC(c1ccnc(NS(=O)(=O)N(C)C)c1)C1(C(C)c2ccnc(NS(=O)(=O)N(C)C)c2)NC(=O)N(c2ccc(S(=O)(=O)C(F)(F)F)cc2)C1=O. The van der Waals surface area contributed by atoms with Gasteiger partial charge in [0.2, 0.25) is 0 Å². The third-order valence-corrected chi connectivity index (χ3v) is 12.5. The van der Waals surface area contributed by atoms with Gasteiger partial charge in [0.1, 0.15) is 17.2 Å². The van der Waals surface area contributed by atoms with Crippen LogP contribution < -0.4 is 19.7 Å². The van der Waals surface area contributed by atoms with Gasteiger partial charge in [0, 0.05) is 52.4 Å². The first-order valence-electron chi connectivity index (χ1n) is 14.4. The lowest BCUT2D eigenvalue weighted by molar-refractivity contribution is -0.123. The molecule has 0 bridgehead atoms. The molecule has 0 aliphatic carbocycles. The number of alkyl halides is 3. The molecule has 2 aromatic heterocycles. The molecule has 0 saturated carbocycles. The first-order chi connectivity index (χ1) is 23.0. The van der Waals surface area contributed by atoms with E-state index >= 15 is 0 Å². The first kappa shape index (κ1) is 38.4. The van der Waals surface area contributed by atoms with Crippen LogP contribution in [-0.2, 0) is 35.1 Å². The number of halogens is 3. The maximum atomic E-state index is 14.6. The predicted molar refractivity (Wildman–Crippen MR) is 176 cm³/mol. The molecular formula is C28H33F3N8O8S3. The molecule has 3 amide bonds. The standard InChI is InChI=1S/C28H33F3N8O8S3/c1-17(19-11-13-32-23(15-19)35-49(44,45)37(3)4)27(18(2)20-12-14-33-24(16-20)36-50(46,47)38(5)6)25(40)39(26(41)34-27)21-7-9-22(10-8-21)48(42,43)28(29,30)31/h7-18H,1-6H3,(H,32,35)(H,33,36)(H,34,41). The van der Waals surface area contributed by atoms with Crippen molar-refractivity contribution in [3.63, 3.8) is 0 Å². The van der Waals surface area contributed by atoms with Crippen LogP contribution in [0.5, 0.6) is 0 Å². The minimum Gasteiger partial charge on any atom is -0.322 e. The second-order valence-corrected chi connectivity index (χ2v) is 17.3. The predicted octanol–water partition coefficient (Wildman–Crippen LogP) is 2.61. The molecule has 2 atom stereocenters. The van der Waals surface area contributed by atoms with Crippen molar-refractivity contribution in [2.45, 2.75) is 41.6 Å². The molecule has 2 unspecified atom stereocenters. The second-order valence-electron chi connectivity index (χ2n) is 11.6. The number of carbonyl (C=O) groups excluding carboxylic acids is 2. The Labute approximate surface area is 287 Å². The highest BCUT2D eigenvalue weighted by molar-refractivity contribution is 7.92. The Kier molecular flexibility index (Phi) is 10.3. The summed E-state index contributed by atoms with van der Waals surface area (Å²) in [6.45, 7) is 3.13. The van der Waals surface area contributed by atoms with Crippen LogP contribution in [0.4, 0.5) is 35.3 Å². The van der Waals surface area contributed by atoms with Gasteiger partial charge in [0.05, 0.1) is 10.6 Å². The van der Waals surface area contributed by atoms with Gasteiger partial charge < -0.3 is 5.32 Å². The van der Waals surface area contributed by atoms with Gasteiger partial charge in [-0.25, -0.2) is 28.1 Å². The molecule has 1 aliphatic heterocycles. The van der Waals surface area contributed by atoms with Crippen molar-refractivity contribution in [1.29, 1.82) is 0 Å². The van der Waals surface area contributed by atoms with Crippen molar-refractivity contribution in [3.05, 3.63) is 72.1 Å². The molecule has 1 saturated heterocycles. The largest absolute Gasteiger partial charge is 0.501 e. The zero-order chi connectivity index (χ0) is 37.6. The van der Waals surface area contributed by atoms with Crippen molar-refractivity contribution < 1.29 is 48.0 Å². The number of aromatic nitrogens is 2. The van der Waals surface area contributed by atoms with E-state index in [0.717, 1.165) is 20.7 Å². The average molecular weight is 763 g/mol. The number of urea groups is 1. The van der Waals surface area contributed by atoms with Crippen molar-refractivity contribution in [2.24, 2.45) is 0 Å². The van der Waals surface area contributed by atoms with Crippen molar-refractivity contribution in [3.8, 4) is 0 Å². The third kappa shape index (κ3) is 7.10. The van der Waals surface area contributed by atoms with Crippen molar-refractivity contribution in [2.75, 3.05) is 42.5 Å². The van der Waals surface area contributed by atoms with E-state index in [1.807, 2.05) is 0 Å². The van der Waals surface area contributed by atoms with Gasteiger partial charge >= 0.3 is 32.0 Å². The smallest absolute Gasteiger partial charge is 0.322 e. The summed E-state index contributed by atoms with van der Waals surface area (Å²) in [5.41, 5.74) is -7.14. The van der Waals surface area contributed by atoms with Gasteiger partial charge in [-0.05, 0) is 59.7 Å². The van der Waals surface area contributed by atoms with Crippen LogP contribution in [0, 0.1) is 0 Å². The molecule has 3 heterocycles. The number of amides is 3. The molecule has 1 aliphatic rings. The van der Waals surface area contributed by atoms with Gasteiger partial charge in [-0.15, -0.1) is 0 Å². The Morgan fingerprint density at radius 1 is 0.760 bits per heavy atom. The molecule has 22 heteroatoms. The molecule has 16 nitrogen and oxygen atoms in total. The summed E-state index contributed by atoms with van der Waals surface area (Å²) in [5, 5.41) is 2.71.